The van der Waals surface area contributed by atoms with Crippen LogP contribution in [0.1, 0.15) is 87.3 Å². The van der Waals surface area contributed by atoms with Crippen molar-refractivity contribution in [2.24, 2.45) is 0 Å². The smallest absolute Gasteiger partial charge is 0.00989 e. The molecule has 0 bridgehead atoms. The number of hydrogen-bond acceptors (Lipinski definition) is 0. The van der Waals surface area contributed by atoms with Crippen LogP contribution in [0.3, 0.4) is 0 Å². The summed E-state index contributed by atoms with van der Waals surface area (Å²) in [6.07, 6.45) is 0. The molecule has 0 fully saturated rings. The number of benzene rings is 4. The van der Waals surface area contributed by atoms with Crippen molar-refractivity contribution in [1.29, 1.82) is 0 Å². The zero-order valence-electron chi connectivity index (χ0n) is 22.3. The molecule has 0 saturated heterocycles. The summed E-state index contributed by atoms with van der Waals surface area (Å²) in [5, 5.41) is 8.04. The third-order valence-electron chi connectivity index (χ3n) is 4.89. The van der Waals surface area contributed by atoms with Crippen LogP contribution in [0, 0.1) is 6.92 Å². The standard InChI is InChI=1S/C23H22.4C2H6/c1-15-13-17-10-12-19-18-8-6-5-7-16(18)9-11-20(19)21(17)14-22(15)23(2,3)4;4*1-2/h5-14H,1-4H3;4*1-2H3. The minimum atomic E-state index is 0.164. The van der Waals surface area contributed by atoms with Crippen molar-refractivity contribution in [2.75, 3.05) is 0 Å². The minimum absolute atomic E-state index is 0.164. The lowest BCUT2D eigenvalue weighted by Crippen LogP contribution is -2.12. The summed E-state index contributed by atoms with van der Waals surface area (Å²) < 4.78 is 0. The average molecular weight is 419 g/mol. The molecule has 0 aromatic heterocycles. The molecule has 0 N–H and O–H groups in total. The highest BCUT2D eigenvalue weighted by atomic mass is 14.2. The summed E-state index contributed by atoms with van der Waals surface area (Å²) in [6.45, 7) is 25.1. The van der Waals surface area contributed by atoms with Crippen molar-refractivity contribution in [3.63, 3.8) is 0 Å². The van der Waals surface area contributed by atoms with E-state index in [2.05, 4.69) is 88.4 Å². The van der Waals surface area contributed by atoms with Gasteiger partial charge in [-0.05, 0) is 61.8 Å². The fraction of sp³-hybridized carbons (Fsp3) is 0.419. The number of aryl methyl sites for hydroxylation is 1. The molecule has 0 aliphatic heterocycles. The molecular weight excluding hydrogens is 372 g/mol. The Morgan fingerprint density at radius 1 is 0.484 bits per heavy atom. The molecule has 0 heteroatoms. The van der Waals surface area contributed by atoms with Crippen LogP contribution in [0.4, 0.5) is 0 Å². The Morgan fingerprint density at radius 3 is 1.52 bits per heavy atom. The Labute approximate surface area is 192 Å². The van der Waals surface area contributed by atoms with Gasteiger partial charge < -0.3 is 0 Å². The molecule has 0 atom stereocenters. The molecule has 0 nitrogen and oxygen atoms in total. The highest BCUT2D eigenvalue weighted by Crippen LogP contribution is 2.35. The Hall–Kier alpha value is -2.34. The summed E-state index contributed by atoms with van der Waals surface area (Å²) in [5.41, 5.74) is 2.98. The van der Waals surface area contributed by atoms with Crippen molar-refractivity contribution >= 4 is 32.3 Å². The van der Waals surface area contributed by atoms with Gasteiger partial charge in [0.25, 0.3) is 0 Å². The first kappa shape index (κ1) is 28.7. The van der Waals surface area contributed by atoms with Crippen molar-refractivity contribution < 1.29 is 0 Å². The second-order valence-electron chi connectivity index (χ2n) is 7.59. The molecule has 170 valence electrons. The van der Waals surface area contributed by atoms with Gasteiger partial charge in [0, 0.05) is 0 Å². The molecule has 0 aliphatic rings. The normalized spacial score (nSPS) is 9.94. The SMILES string of the molecule is CC.CC.CC.CC.Cc1cc2ccc3c4ccccc4ccc3c2cc1C(C)(C)C. The quantitative estimate of drug-likeness (QED) is 0.249. The van der Waals surface area contributed by atoms with E-state index in [1.807, 2.05) is 55.4 Å². The van der Waals surface area contributed by atoms with Crippen LogP contribution >= 0.6 is 0 Å². The Morgan fingerprint density at radius 2 is 0.968 bits per heavy atom. The lowest BCUT2D eigenvalue weighted by atomic mass is 9.82. The third kappa shape index (κ3) is 6.57. The molecule has 4 rings (SSSR count). The summed E-state index contributed by atoms with van der Waals surface area (Å²) >= 11 is 0. The first-order chi connectivity index (χ1) is 14.9. The second kappa shape index (κ2) is 13.9. The maximum atomic E-state index is 2.40. The lowest BCUT2D eigenvalue weighted by Gasteiger charge is -2.23. The van der Waals surface area contributed by atoms with E-state index in [1.165, 1.54) is 43.4 Å². The maximum Gasteiger partial charge on any atom is -0.00989 e. The Bertz CT molecular complexity index is 1050. The van der Waals surface area contributed by atoms with Gasteiger partial charge in [-0.25, -0.2) is 0 Å². The van der Waals surface area contributed by atoms with E-state index < -0.39 is 0 Å². The van der Waals surface area contributed by atoms with Gasteiger partial charge >= 0.3 is 0 Å². The molecular formula is C31H46. The van der Waals surface area contributed by atoms with Crippen LogP contribution in [0.5, 0.6) is 0 Å². The van der Waals surface area contributed by atoms with Crippen LogP contribution < -0.4 is 0 Å². The number of fused-ring (bicyclic) bond motifs is 5. The van der Waals surface area contributed by atoms with Gasteiger partial charge in [0.1, 0.15) is 0 Å². The van der Waals surface area contributed by atoms with Gasteiger partial charge in [0.15, 0.2) is 0 Å². The molecule has 0 radical (unpaired) electrons. The van der Waals surface area contributed by atoms with E-state index in [4.69, 9.17) is 0 Å². The minimum Gasteiger partial charge on any atom is -0.0683 e. The predicted molar refractivity (Wildman–Crippen MR) is 148 cm³/mol. The number of hydrogen-bond donors (Lipinski definition) is 0. The van der Waals surface area contributed by atoms with Gasteiger partial charge in [-0.2, -0.15) is 0 Å². The van der Waals surface area contributed by atoms with Crippen LogP contribution in [0.15, 0.2) is 60.7 Å². The zero-order chi connectivity index (χ0) is 24.2. The van der Waals surface area contributed by atoms with Gasteiger partial charge in [-0.1, -0.05) is 131 Å². The summed E-state index contributed by atoms with van der Waals surface area (Å²) in [4.78, 5) is 0. The van der Waals surface area contributed by atoms with Gasteiger partial charge in [0.2, 0.25) is 0 Å². The van der Waals surface area contributed by atoms with Crippen molar-refractivity contribution in [3.8, 4) is 0 Å². The van der Waals surface area contributed by atoms with Gasteiger partial charge in [-0.15, -0.1) is 0 Å². The van der Waals surface area contributed by atoms with Crippen molar-refractivity contribution in [2.45, 2.75) is 88.5 Å². The number of rotatable bonds is 0. The first-order valence-corrected chi connectivity index (χ1v) is 12.3. The Balaban J connectivity index is 0.00000102. The monoisotopic (exact) mass is 418 g/mol. The molecule has 0 spiro atoms. The Kier molecular flexibility index (Phi) is 12.8. The highest BCUT2D eigenvalue weighted by molar-refractivity contribution is 6.17. The molecule has 0 amide bonds. The zero-order valence-corrected chi connectivity index (χ0v) is 22.3. The van der Waals surface area contributed by atoms with Crippen LogP contribution in [0.2, 0.25) is 0 Å². The van der Waals surface area contributed by atoms with Crippen molar-refractivity contribution in [1.82, 2.24) is 0 Å². The first-order valence-electron chi connectivity index (χ1n) is 12.3. The second-order valence-corrected chi connectivity index (χ2v) is 7.59. The van der Waals surface area contributed by atoms with E-state index in [-0.39, 0.29) is 5.41 Å². The summed E-state index contributed by atoms with van der Waals surface area (Å²) in [7, 11) is 0. The van der Waals surface area contributed by atoms with Crippen molar-refractivity contribution in [3.05, 3.63) is 71.8 Å². The third-order valence-corrected chi connectivity index (χ3v) is 4.89. The van der Waals surface area contributed by atoms with E-state index >= 15 is 0 Å². The van der Waals surface area contributed by atoms with Gasteiger partial charge in [-0.3, -0.25) is 0 Å². The highest BCUT2D eigenvalue weighted by Gasteiger charge is 2.17. The molecule has 0 unspecified atom stereocenters. The lowest BCUT2D eigenvalue weighted by molar-refractivity contribution is 0.587. The molecule has 0 heterocycles. The fourth-order valence-corrected chi connectivity index (χ4v) is 3.79. The topological polar surface area (TPSA) is 0 Å². The van der Waals surface area contributed by atoms with Gasteiger partial charge in [0.05, 0.1) is 0 Å². The van der Waals surface area contributed by atoms with Crippen LogP contribution in [-0.4, -0.2) is 0 Å². The predicted octanol–water partition coefficient (Wildman–Crippen LogP) is 10.9. The maximum absolute atomic E-state index is 2.40. The fourth-order valence-electron chi connectivity index (χ4n) is 3.79. The van der Waals surface area contributed by atoms with E-state index in [0.29, 0.717) is 0 Å². The molecule has 4 aromatic carbocycles. The summed E-state index contributed by atoms with van der Waals surface area (Å²) in [5.74, 6) is 0. The van der Waals surface area contributed by atoms with E-state index in [1.54, 1.807) is 0 Å². The summed E-state index contributed by atoms with van der Waals surface area (Å²) in [6, 6.07) is 22.5. The largest absolute Gasteiger partial charge is 0.0683 e. The average Bonchev–Trinajstić information content (AvgIpc) is 2.82. The molecule has 4 aromatic rings. The van der Waals surface area contributed by atoms with Crippen LogP contribution in [0.25, 0.3) is 32.3 Å². The molecule has 0 aliphatic carbocycles. The van der Waals surface area contributed by atoms with E-state index in [0.717, 1.165) is 0 Å². The molecule has 0 saturated carbocycles. The van der Waals surface area contributed by atoms with E-state index in [9.17, 15) is 0 Å². The van der Waals surface area contributed by atoms with Crippen LogP contribution in [-0.2, 0) is 5.41 Å². The molecule has 31 heavy (non-hydrogen) atoms.